The summed E-state index contributed by atoms with van der Waals surface area (Å²) in [5.41, 5.74) is -0.290. The third-order valence-electron chi connectivity index (χ3n) is 6.31. The molecule has 0 amide bonds. The first kappa shape index (κ1) is 26.3. The van der Waals surface area contributed by atoms with Crippen LogP contribution in [0.5, 0.6) is 0 Å². The summed E-state index contributed by atoms with van der Waals surface area (Å²) < 4.78 is 17.1. The molecule has 2 rings (SSSR count). The van der Waals surface area contributed by atoms with Crippen LogP contribution in [0.1, 0.15) is 77.9 Å². The lowest BCUT2D eigenvalue weighted by Gasteiger charge is -2.34. The zero-order valence-corrected chi connectivity index (χ0v) is 20.6. The van der Waals surface area contributed by atoms with E-state index in [4.69, 9.17) is 14.2 Å². The fraction of sp³-hybridized carbons (Fsp3) is 0.692. The van der Waals surface area contributed by atoms with Crippen LogP contribution < -0.4 is 5.32 Å². The van der Waals surface area contributed by atoms with Gasteiger partial charge >= 0.3 is 11.9 Å². The molecule has 0 bridgehead atoms. The van der Waals surface area contributed by atoms with Gasteiger partial charge in [0.1, 0.15) is 11.7 Å². The van der Waals surface area contributed by atoms with Gasteiger partial charge in [-0.1, -0.05) is 43.2 Å². The Kier molecular flexibility index (Phi) is 9.71. The summed E-state index contributed by atoms with van der Waals surface area (Å²) in [5, 5.41) is 3.22. The topological polar surface area (TPSA) is 73.9 Å². The lowest BCUT2D eigenvalue weighted by molar-refractivity contribution is -0.169. The maximum absolute atomic E-state index is 13.7. The fourth-order valence-electron chi connectivity index (χ4n) is 4.46. The molecule has 1 fully saturated rings. The number of esters is 2. The maximum Gasteiger partial charge on any atom is 0.312 e. The van der Waals surface area contributed by atoms with Gasteiger partial charge in [0.15, 0.2) is 0 Å². The van der Waals surface area contributed by atoms with Gasteiger partial charge in [0.2, 0.25) is 0 Å². The number of benzene rings is 1. The van der Waals surface area contributed by atoms with Crippen molar-refractivity contribution < 1.29 is 23.8 Å². The summed E-state index contributed by atoms with van der Waals surface area (Å²) in [6.45, 7) is 8.04. The molecule has 32 heavy (non-hydrogen) atoms. The van der Waals surface area contributed by atoms with Crippen LogP contribution in [0.4, 0.5) is 0 Å². The molecule has 1 N–H and O–H groups in total. The van der Waals surface area contributed by atoms with Crippen LogP contribution in [0, 0.1) is 11.3 Å². The lowest BCUT2D eigenvalue weighted by atomic mass is 9.76. The van der Waals surface area contributed by atoms with Crippen molar-refractivity contribution in [1.82, 2.24) is 5.32 Å². The molecule has 0 spiro atoms. The average molecular weight is 448 g/mol. The van der Waals surface area contributed by atoms with Crippen LogP contribution in [0.15, 0.2) is 30.3 Å². The number of carbonyl (C=O) groups is 2. The fourth-order valence-corrected chi connectivity index (χ4v) is 4.46. The van der Waals surface area contributed by atoms with Gasteiger partial charge in [-0.3, -0.25) is 9.59 Å². The van der Waals surface area contributed by atoms with Gasteiger partial charge in [0.25, 0.3) is 0 Å². The van der Waals surface area contributed by atoms with Crippen LogP contribution in [0.25, 0.3) is 0 Å². The van der Waals surface area contributed by atoms with Crippen molar-refractivity contribution in [2.45, 2.75) is 84.0 Å². The average Bonchev–Trinajstić information content (AvgIpc) is 3.23. The van der Waals surface area contributed by atoms with Gasteiger partial charge in [-0.05, 0) is 66.0 Å². The molecule has 0 saturated heterocycles. The summed E-state index contributed by atoms with van der Waals surface area (Å²) in [6.07, 6.45) is 3.93. The predicted molar refractivity (Wildman–Crippen MR) is 125 cm³/mol. The molecular weight excluding hydrogens is 406 g/mol. The third kappa shape index (κ3) is 7.31. The molecule has 6 nitrogen and oxygen atoms in total. The quantitative estimate of drug-likeness (QED) is 0.490. The van der Waals surface area contributed by atoms with E-state index in [-0.39, 0.29) is 18.0 Å². The number of ether oxygens (including phenoxy) is 3. The molecule has 6 heteroatoms. The standard InChI is InChI=1S/C26H41NO5/c1-19(27-5)22(20-12-8-7-9-13-20)31-24(29)26(15-10-11-16-26)18-21(14-17-30-6)23(28)32-25(2,3)4/h7-9,12-13,19,21-22,27H,10-11,14-18H2,1-6H3/t19-,21+,22+/m0/s1. The number of hydrogen-bond acceptors (Lipinski definition) is 6. The smallest absolute Gasteiger partial charge is 0.312 e. The van der Waals surface area contributed by atoms with Gasteiger partial charge < -0.3 is 19.5 Å². The first-order valence-corrected chi connectivity index (χ1v) is 11.8. The molecule has 180 valence electrons. The number of nitrogens with one attached hydrogen (secondary N) is 1. The van der Waals surface area contributed by atoms with Crippen molar-refractivity contribution in [3.8, 4) is 0 Å². The molecule has 1 saturated carbocycles. The van der Waals surface area contributed by atoms with Gasteiger partial charge in [-0.15, -0.1) is 0 Å². The maximum atomic E-state index is 13.7. The molecule has 1 aromatic rings. The number of methoxy groups -OCH3 is 1. The first-order chi connectivity index (χ1) is 15.1. The number of rotatable bonds is 11. The van der Waals surface area contributed by atoms with Crippen molar-refractivity contribution in [2.24, 2.45) is 11.3 Å². The monoisotopic (exact) mass is 447 g/mol. The molecule has 0 heterocycles. The van der Waals surface area contributed by atoms with E-state index in [1.165, 1.54) is 0 Å². The second kappa shape index (κ2) is 11.8. The number of carbonyl (C=O) groups excluding carboxylic acids is 2. The Labute approximate surface area is 193 Å². The number of hydrogen-bond donors (Lipinski definition) is 1. The highest BCUT2D eigenvalue weighted by Crippen LogP contribution is 2.46. The van der Waals surface area contributed by atoms with Gasteiger partial charge in [0.05, 0.1) is 11.3 Å². The summed E-state index contributed by atoms with van der Waals surface area (Å²) in [5.74, 6) is -0.884. The molecule has 0 aliphatic heterocycles. The molecule has 3 atom stereocenters. The van der Waals surface area contributed by atoms with Crippen molar-refractivity contribution in [1.29, 1.82) is 0 Å². The zero-order chi connectivity index (χ0) is 23.8. The molecule has 1 aliphatic carbocycles. The van der Waals surface area contributed by atoms with Crippen LogP contribution in [-0.4, -0.2) is 44.3 Å². The Hall–Kier alpha value is -1.92. The van der Waals surface area contributed by atoms with E-state index in [1.807, 2.05) is 65.1 Å². The minimum atomic E-state index is -0.671. The van der Waals surface area contributed by atoms with E-state index in [2.05, 4.69) is 5.32 Å². The van der Waals surface area contributed by atoms with Gasteiger partial charge in [-0.2, -0.15) is 0 Å². The van der Waals surface area contributed by atoms with E-state index in [1.54, 1.807) is 7.11 Å². The third-order valence-corrected chi connectivity index (χ3v) is 6.31. The van der Waals surface area contributed by atoms with Crippen LogP contribution >= 0.6 is 0 Å². The summed E-state index contributed by atoms with van der Waals surface area (Å²) in [4.78, 5) is 26.6. The van der Waals surface area contributed by atoms with Crippen molar-refractivity contribution in [3.05, 3.63) is 35.9 Å². The molecule has 1 aliphatic rings. The predicted octanol–water partition coefficient (Wildman–Crippen LogP) is 4.82. The Bertz CT molecular complexity index is 721. The number of likely N-dealkylation sites (N-methyl/N-ethyl adjacent to an activating group) is 1. The molecular formula is C26H41NO5. The highest BCUT2D eigenvalue weighted by atomic mass is 16.6. The van der Waals surface area contributed by atoms with Crippen LogP contribution in [0.3, 0.4) is 0 Å². The van der Waals surface area contributed by atoms with E-state index in [9.17, 15) is 9.59 Å². The SMILES string of the molecule is CN[C@@H](C)[C@@H](OC(=O)C1(C[C@@H](CCOC)C(=O)OC(C)(C)C)CCCC1)c1ccccc1. The van der Waals surface area contributed by atoms with Crippen molar-refractivity contribution >= 4 is 11.9 Å². The van der Waals surface area contributed by atoms with Gasteiger partial charge in [0, 0.05) is 19.8 Å². The Morgan fingerprint density at radius 1 is 1.12 bits per heavy atom. The first-order valence-electron chi connectivity index (χ1n) is 11.8. The Morgan fingerprint density at radius 3 is 2.28 bits per heavy atom. The van der Waals surface area contributed by atoms with E-state index in [0.29, 0.717) is 19.4 Å². The van der Waals surface area contributed by atoms with E-state index in [0.717, 1.165) is 31.2 Å². The highest BCUT2D eigenvalue weighted by molar-refractivity contribution is 5.80. The molecule has 0 radical (unpaired) electrons. The molecule has 1 aromatic carbocycles. The normalized spacial score (nSPS) is 18.6. The zero-order valence-electron chi connectivity index (χ0n) is 20.6. The van der Waals surface area contributed by atoms with Gasteiger partial charge in [-0.25, -0.2) is 0 Å². The summed E-state index contributed by atoms with van der Waals surface area (Å²) in [7, 11) is 3.48. The van der Waals surface area contributed by atoms with Crippen molar-refractivity contribution in [3.63, 3.8) is 0 Å². The van der Waals surface area contributed by atoms with E-state index >= 15 is 0 Å². The summed E-state index contributed by atoms with van der Waals surface area (Å²) >= 11 is 0. The van der Waals surface area contributed by atoms with Crippen molar-refractivity contribution in [2.75, 3.05) is 20.8 Å². The van der Waals surface area contributed by atoms with Crippen LogP contribution in [-0.2, 0) is 23.8 Å². The van der Waals surface area contributed by atoms with E-state index < -0.39 is 23.0 Å². The second-order valence-corrected chi connectivity index (χ2v) is 10.0. The minimum absolute atomic E-state index is 0.0463. The summed E-state index contributed by atoms with van der Waals surface area (Å²) in [6, 6.07) is 9.77. The highest BCUT2D eigenvalue weighted by Gasteiger charge is 2.47. The second-order valence-electron chi connectivity index (χ2n) is 10.0. The minimum Gasteiger partial charge on any atom is -0.460 e. The Balaban J connectivity index is 2.25. The molecule has 0 aromatic heterocycles. The molecule has 0 unspecified atom stereocenters. The van der Waals surface area contributed by atoms with Crippen LogP contribution in [0.2, 0.25) is 0 Å². The largest absolute Gasteiger partial charge is 0.460 e. The Morgan fingerprint density at radius 2 is 1.75 bits per heavy atom. The lowest BCUT2D eigenvalue weighted by Crippen LogP contribution is -2.40.